The molecule has 0 unspecified atom stereocenters. The van der Waals surface area contributed by atoms with Crippen LogP contribution >= 0.6 is 22.7 Å². The molecule has 0 aliphatic rings. The van der Waals surface area contributed by atoms with E-state index in [0.717, 1.165) is 22.9 Å². The van der Waals surface area contributed by atoms with E-state index in [1.54, 1.807) is 11.3 Å². The molecule has 0 saturated carbocycles. The highest BCUT2D eigenvalue weighted by Gasteiger charge is 2.24. The van der Waals surface area contributed by atoms with Crippen molar-refractivity contribution in [3.63, 3.8) is 0 Å². The Hall–Kier alpha value is -0.980. The van der Waals surface area contributed by atoms with Crippen LogP contribution in [0.15, 0.2) is 10.2 Å². The molecule has 0 radical (unpaired) electrons. The van der Waals surface area contributed by atoms with Gasteiger partial charge in [-0.1, -0.05) is 11.3 Å². The number of aromatic nitrogens is 2. The van der Waals surface area contributed by atoms with Crippen molar-refractivity contribution < 1.29 is 0 Å². The zero-order chi connectivity index (χ0) is 14.9. The number of hydrogen-bond donors (Lipinski definition) is 1. The lowest BCUT2D eigenvalue weighted by molar-refractivity contribution is 0.388. The van der Waals surface area contributed by atoms with Gasteiger partial charge in [0.1, 0.15) is 5.01 Å². The molecule has 0 aliphatic carbocycles. The molecule has 0 amide bonds. The molecule has 4 nitrogen and oxygen atoms in total. The van der Waals surface area contributed by atoms with Crippen molar-refractivity contribution >= 4 is 22.7 Å². The van der Waals surface area contributed by atoms with Crippen LogP contribution in [0.3, 0.4) is 0 Å². The fourth-order valence-electron chi connectivity index (χ4n) is 1.97. The van der Waals surface area contributed by atoms with E-state index in [1.807, 2.05) is 23.8 Å². The summed E-state index contributed by atoms with van der Waals surface area (Å²) in [4.78, 5) is 17.7. The van der Waals surface area contributed by atoms with Crippen LogP contribution in [0.1, 0.15) is 35.1 Å². The maximum Gasteiger partial charge on any atom is 0.307 e. The van der Waals surface area contributed by atoms with E-state index < -0.39 is 0 Å². The number of nitrogens with one attached hydrogen (secondary N) is 1. The van der Waals surface area contributed by atoms with E-state index in [1.165, 1.54) is 16.2 Å². The van der Waals surface area contributed by atoms with E-state index in [9.17, 15) is 4.79 Å². The molecule has 2 aromatic heterocycles. The third-order valence-corrected chi connectivity index (χ3v) is 5.72. The van der Waals surface area contributed by atoms with Crippen LogP contribution in [0.25, 0.3) is 0 Å². The Morgan fingerprint density at radius 3 is 2.55 bits per heavy atom. The smallest absolute Gasteiger partial charge is 0.304 e. The lowest BCUT2D eigenvalue weighted by atomic mass is 10.1. The summed E-state index contributed by atoms with van der Waals surface area (Å²) in [5.74, 6) is 0. The van der Waals surface area contributed by atoms with Crippen LogP contribution in [-0.2, 0) is 12.1 Å². The first-order valence-corrected chi connectivity index (χ1v) is 8.35. The summed E-state index contributed by atoms with van der Waals surface area (Å²) in [6.45, 7) is 11.8. The molecule has 1 N–H and O–H groups in total. The molecule has 0 spiro atoms. The van der Waals surface area contributed by atoms with E-state index in [0.29, 0.717) is 6.54 Å². The number of aryl methyl sites for hydroxylation is 3. The molecular weight excluding hydrogens is 290 g/mol. The molecule has 20 heavy (non-hydrogen) atoms. The maximum atomic E-state index is 11.7. The van der Waals surface area contributed by atoms with Crippen molar-refractivity contribution in [2.45, 2.75) is 46.7 Å². The average molecular weight is 311 g/mol. The van der Waals surface area contributed by atoms with Gasteiger partial charge in [-0.2, -0.15) is 0 Å². The van der Waals surface area contributed by atoms with Gasteiger partial charge in [-0.05, 0) is 34.6 Å². The second kappa shape index (κ2) is 5.79. The standard InChI is InChI=1S/C14H21N3OS2/c1-9-8-19-13(18)17(9)7-6-15-14(4,5)12-16-10(2)11(3)20-12/h8,15H,6-7H2,1-5H3. The van der Waals surface area contributed by atoms with Crippen molar-refractivity contribution in [2.24, 2.45) is 0 Å². The maximum absolute atomic E-state index is 11.7. The van der Waals surface area contributed by atoms with Gasteiger partial charge in [-0.15, -0.1) is 11.3 Å². The van der Waals surface area contributed by atoms with E-state index >= 15 is 0 Å². The van der Waals surface area contributed by atoms with Crippen molar-refractivity contribution in [3.8, 4) is 0 Å². The molecule has 2 rings (SSSR count). The average Bonchev–Trinajstić information content (AvgIpc) is 2.87. The second-order valence-electron chi connectivity index (χ2n) is 5.51. The van der Waals surface area contributed by atoms with Gasteiger partial charge in [0, 0.05) is 29.0 Å². The monoisotopic (exact) mass is 311 g/mol. The molecule has 110 valence electrons. The molecular formula is C14H21N3OS2. The Balaban J connectivity index is 2.01. The van der Waals surface area contributed by atoms with E-state index in [-0.39, 0.29) is 10.4 Å². The first kappa shape index (κ1) is 15.4. The molecule has 0 fully saturated rings. The fourth-order valence-corrected chi connectivity index (χ4v) is 3.72. The molecule has 0 bridgehead atoms. The molecule has 0 aromatic carbocycles. The second-order valence-corrected chi connectivity index (χ2v) is 7.53. The van der Waals surface area contributed by atoms with Gasteiger partial charge in [0.05, 0.1) is 11.2 Å². The quantitative estimate of drug-likeness (QED) is 0.923. The third kappa shape index (κ3) is 3.19. The summed E-state index contributed by atoms with van der Waals surface area (Å²) in [5, 5.41) is 6.50. The predicted molar refractivity (Wildman–Crippen MR) is 85.9 cm³/mol. The summed E-state index contributed by atoms with van der Waals surface area (Å²) >= 11 is 3.00. The molecule has 0 atom stereocenters. The van der Waals surface area contributed by atoms with Gasteiger partial charge in [0.2, 0.25) is 0 Å². The van der Waals surface area contributed by atoms with Gasteiger partial charge in [-0.3, -0.25) is 4.79 Å². The fraction of sp³-hybridized carbons (Fsp3) is 0.571. The minimum atomic E-state index is -0.169. The highest BCUT2D eigenvalue weighted by molar-refractivity contribution is 7.11. The molecule has 2 heterocycles. The van der Waals surface area contributed by atoms with Crippen molar-refractivity contribution in [1.82, 2.24) is 14.9 Å². The Kier molecular flexibility index (Phi) is 4.46. The zero-order valence-electron chi connectivity index (χ0n) is 12.6. The van der Waals surface area contributed by atoms with Gasteiger partial charge in [-0.25, -0.2) is 4.98 Å². The molecule has 0 aliphatic heterocycles. The minimum Gasteiger partial charge on any atom is -0.304 e. The van der Waals surface area contributed by atoms with Crippen molar-refractivity contribution in [1.29, 1.82) is 0 Å². The Bertz CT molecular complexity index is 632. The minimum absolute atomic E-state index is 0.114. The van der Waals surface area contributed by atoms with E-state index in [2.05, 4.69) is 31.1 Å². The van der Waals surface area contributed by atoms with Gasteiger partial charge in [0.15, 0.2) is 0 Å². The summed E-state index contributed by atoms with van der Waals surface area (Å²) in [5.41, 5.74) is 1.96. The lowest BCUT2D eigenvalue weighted by Crippen LogP contribution is -2.39. The third-order valence-electron chi connectivity index (χ3n) is 3.44. The zero-order valence-corrected chi connectivity index (χ0v) is 14.2. The highest BCUT2D eigenvalue weighted by atomic mass is 32.1. The van der Waals surface area contributed by atoms with Crippen molar-refractivity contribution in [3.05, 3.63) is 36.3 Å². The predicted octanol–water partition coefficient (Wildman–Crippen LogP) is 2.82. The Labute approximate surface area is 127 Å². The Morgan fingerprint density at radius 1 is 1.35 bits per heavy atom. The Morgan fingerprint density at radius 2 is 2.05 bits per heavy atom. The van der Waals surface area contributed by atoms with Crippen LogP contribution in [-0.4, -0.2) is 16.1 Å². The molecule has 2 aromatic rings. The first-order chi connectivity index (χ1) is 9.31. The van der Waals surface area contributed by atoms with Crippen LogP contribution in [0.2, 0.25) is 0 Å². The van der Waals surface area contributed by atoms with Crippen LogP contribution in [0, 0.1) is 20.8 Å². The lowest BCUT2D eigenvalue weighted by Gasteiger charge is -2.24. The summed E-state index contributed by atoms with van der Waals surface area (Å²) in [7, 11) is 0. The number of nitrogens with zero attached hydrogens (tertiary/aromatic N) is 2. The van der Waals surface area contributed by atoms with Crippen LogP contribution < -0.4 is 10.2 Å². The first-order valence-electron chi connectivity index (χ1n) is 6.66. The normalized spacial score (nSPS) is 12.1. The van der Waals surface area contributed by atoms with Crippen LogP contribution in [0.5, 0.6) is 0 Å². The van der Waals surface area contributed by atoms with Crippen LogP contribution in [0.4, 0.5) is 0 Å². The van der Waals surface area contributed by atoms with Gasteiger partial charge in [0.25, 0.3) is 0 Å². The number of thiazole rings is 2. The summed E-state index contributed by atoms with van der Waals surface area (Å²) in [6.07, 6.45) is 0. The van der Waals surface area contributed by atoms with E-state index in [4.69, 9.17) is 0 Å². The summed E-state index contributed by atoms with van der Waals surface area (Å²) in [6, 6.07) is 0. The highest BCUT2D eigenvalue weighted by Crippen LogP contribution is 2.26. The molecule has 6 heteroatoms. The molecule has 0 saturated heterocycles. The topological polar surface area (TPSA) is 46.9 Å². The van der Waals surface area contributed by atoms with Gasteiger partial charge < -0.3 is 9.88 Å². The van der Waals surface area contributed by atoms with Crippen molar-refractivity contribution in [2.75, 3.05) is 6.54 Å². The largest absolute Gasteiger partial charge is 0.307 e. The SMILES string of the molecule is Cc1nc(C(C)(C)NCCn2c(C)csc2=O)sc1C. The number of hydrogen-bond acceptors (Lipinski definition) is 5. The summed E-state index contributed by atoms with van der Waals surface area (Å²) < 4.78 is 1.81. The number of rotatable bonds is 5. The van der Waals surface area contributed by atoms with Gasteiger partial charge >= 0.3 is 4.87 Å².